The number of halogens is 7. The van der Waals surface area contributed by atoms with Crippen molar-refractivity contribution >= 4 is 10.8 Å². The highest BCUT2D eigenvalue weighted by molar-refractivity contribution is 5.87. The van der Waals surface area contributed by atoms with E-state index in [1.807, 2.05) is 0 Å². The van der Waals surface area contributed by atoms with Crippen LogP contribution < -0.4 is 4.74 Å². The van der Waals surface area contributed by atoms with Crippen LogP contribution in [0.15, 0.2) is 0 Å². The van der Waals surface area contributed by atoms with Crippen LogP contribution in [0.25, 0.3) is 10.8 Å². The van der Waals surface area contributed by atoms with Crippen molar-refractivity contribution in [2.45, 2.75) is 6.92 Å². The third-order valence-electron chi connectivity index (χ3n) is 2.59. The van der Waals surface area contributed by atoms with Gasteiger partial charge in [0.25, 0.3) is 0 Å². The molecule has 2 aromatic rings. The second-order valence-corrected chi connectivity index (χ2v) is 3.71. The molecular weight excluding hydrogens is 293 g/mol. The van der Waals surface area contributed by atoms with Crippen molar-refractivity contribution in [1.29, 1.82) is 0 Å². The number of rotatable bonds is 2. The molecule has 0 aliphatic rings. The normalized spacial score (nSPS) is 11.2. The van der Waals surface area contributed by atoms with E-state index in [9.17, 15) is 30.7 Å². The molecule has 0 atom stereocenters. The molecule has 1 nitrogen and oxygen atoms in total. The summed E-state index contributed by atoms with van der Waals surface area (Å²) in [6, 6.07) is 0. The lowest BCUT2D eigenvalue weighted by Crippen LogP contribution is -2.07. The van der Waals surface area contributed by atoms with Gasteiger partial charge in [-0.15, -0.1) is 0 Å². The van der Waals surface area contributed by atoms with Crippen LogP contribution in [-0.2, 0) is 0 Å². The zero-order valence-electron chi connectivity index (χ0n) is 9.76. The molecule has 0 saturated heterocycles. The summed E-state index contributed by atoms with van der Waals surface area (Å²) >= 11 is 0. The second-order valence-electron chi connectivity index (χ2n) is 3.71. The predicted octanol–water partition coefficient (Wildman–Crippen LogP) is 4.21. The molecule has 0 fully saturated rings. The highest BCUT2D eigenvalue weighted by Gasteiger charge is 2.31. The van der Waals surface area contributed by atoms with E-state index < -0.39 is 57.2 Å². The van der Waals surface area contributed by atoms with Gasteiger partial charge >= 0.3 is 0 Å². The van der Waals surface area contributed by atoms with Crippen LogP contribution in [0.4, 0.5) is 30.7 Å². The Hall–Kier alpha value is -1.99. The van der Waals surface area contributed by atoms with Crippen molar-refractivity contribution in [1.82, 2.24) is 0 Å². The van der Waals surface area contributed by atoms with Crippen molar-refractivity contribution in [3.8, 4) is 5.75 Å². The number of benzene rings is 2. The fourth-order valence-corrected chi connectivity index (χ4v) is 1.73. The summed E-state index contributed by atoms with van der Waals surface area (Å²) in [6.45, 7) is 0.982. The predicted molar refractivity (Wildman–Crippen MR) is 54.8 cm³/mol. The first-order chi connectivity index (χ1) is 9.32. The third-order valence-corrected chi connectivity index (χ3v) is 2.59. The van der Waals surface area contributed by atoms with Crippen LogP contribution in [0.1, 0.15) is 6.92 Å². The van der Waals surface area contributed by atoms with E-state index in [0.29, 0.717) is 0 Å². The first kappa shape index (κ1) is 14.4. The molecule has 0 saturated carbocycles. The van der Waals surface area contributed by atoms with Gasteiger partial charge in [0.2, 0.25) is 5.82 Å². The molecule has 0 unspecified atom stereocenters. The minimum Gasteiger partial charge on any atom is -0.488 e. The van der Waals surface area contributed by atoms with Crippen LogP contribution in [-0.4, -0.2) is 6.61 Å². The van der Waals surface area contributed by atoms with Crippen LogP contribution in [0.3, 0.4) is 0 Å². The molecule has 2 aromatic carbocycles. The summed E-state index contributed by atoms with van der Waals surface area (Å²) in [4.78, 5) is 0. The SMILES string of the molecule is CCOc1c(F)c(F)c2c(F)c(F)c(F)c(F)c2c1F. The Bertz CT molecular complexity index is 711. The van der Waals surface area contributed by atoms with Gasteiger partial charge in [0.15, 0.2) is 40.7 Å². The van der Waals surface area contributed by atoms with E-state index in [2.05, 4.69) is 4.74 Å². The topological polar surface area (TPSA) is 9.23 Å². The van der Waals surface area contributed by atoms with Gasteiger partial charge in [-0.1, -0.05) is 0 Å². The quantitative estimate of drug-likeness (QED) is 0.458. The minimum absolute atomic E-state index is 0.313. The molecule has 20 heavy (non-hydrogen) atoms. The second kappa shape index (κ2) is 4.84. The molecule has 0 heterocycles. The van der Waals surface area contributed by atoms with Crippen LogP contribution in [0.2, 0.25) is 0 Å². The number of ether oxygens (including phenoxy) is 1. The molecule has 8 heteroatoms. The molecule has 0 radical (unpaired) electrons. The van der Waals surface area contributed by atoms with E-state index >= 15 is 0 Å². The van der Waals surface area contributed by atoms with E-state index in [0.717, 1.165) is 0 Å². The van der Waals surface area contributed by atoms with Gasteiger partial charge in [-0.3, -0.25) is 0 Å². The number of fused-ring (bicyclic) bond motifs is 1. The van der Waals surface area contributed by atoms with Gasteiger partial charge in [-0.05, 0) is 6.92 Å². The lowest BCUT2D eigenvalue weighted by molar-refractivity contribution is 0.297. The highest BCUT2D eigenvalue weighted by Crippen LogP contribution is 2.37. The average Bonchev–Trinajstić information content (AvgIpc) is 2.42. The summed E-state index contributed by atoms with van der Waals surface area (Å²) in [5, 5.41) is -3.20. The van der Waals surface area contributed by atoms with E-state index in [1.165, 1.54) is 6.92 Å². The maximum absolute atomic E-state index is 13.8. The average molecular weight is 298 g/mol. The zero-order chi connectivity index (χ0) is 15.2. The minimum atomic E-state index is -2.36. The maximum Gasteiger partial charge on any atom is 0.204 e. The molecule has 0 aromatic heterocycles. The van der Waals surface area contributed by atoms with Gasteiger partial charge in [0.05, 0.1) is 17.4 Å². The first-order valence-corrected chi connectivity index (χ1v) is 5.27. The summed E-state index contributed by atoms with van der Waals surface area (Å²) in [6.07, 6.45) is 0. The van der Waals surface area contributed by atoms with Crippen molar-refractivity contribution in [2.75, 3.05) is 6.61 Å². The van der Waals surface area contributed by atoms with Crippen LogP contribution in [0, 0.1) is 40.7 Å². The summed E-state index contributed by atoms with van der Waals surface area (Å²) in [5.74, 6) is -16.3. The lowest BCUT2D eigenvalue weighted by Gasteiger charge is -2.12. The molecule has 0 bridgehead atoms. The summed E-state index contributed by atoms with van der Waals surface area (Å²) < 4.78 is 98.2. The molecule has 2 rings (SSSR count). The van der Waals surface area contributed by atoms with Crippen LogP contribution >= 0.6 is 0 Å². The van der Waals surface area contributed by atoms with Gasteiger partial charge < -0.3 is 4.74 Å². The standard InChI is InChI=1S/C12H5F7O/c1-2-20-12-8(16)4-3(7(15)11(12)19)5(13)9(17)10(18)6(4)14/h2H2,1H3. The molecule has 0 aliphatic heterocycles. The Balaban J connectivity index is 3.08. The van der Waals surface area contributed by atoms with E-state index in [1.54, 1.807) is 0 Å². The Labute approximate surface area is 107 Å². The lowest BCUT2D eigenvalue weighted by atomic mass is 10.1. The molecule has 0 N–H and O–H groups in total. The fourth-order valence-electron chi connectivity index (χ4n) is 1.73. The smallest absolute Gasteiger partial charge is 0.204 e. The molecular formula is C12H5F7O. The summed E-state index contributed by atoms with van der Waals surface area (Å²) in [7, 11) is 0. The van der Waals surface area contributed by atoms with Gasteiger partial charge in [0, 0.05) is 0 Å². The monoisotopic (exact) mass is 298 g/mol. The van der Waals surface area contributed by atoms with E-state index in [4.69, 9.17) is 0 Å². The Morgan fingerprint density at radius 2 is 1.00 bits per heavy atom. The van der Waals surface area contributed by atoms with Gasteiger partial charge in [-0.25, -0.2) is 26.3 Å². The molecule has 0 spiro atoms. The van der Waals surface area contributed by atoms with Crippen molar-refractivity contribution in [3.63, 3.8) is 0 Å². The Morgan fingerprint density at radius 3 is 1.45 bits per heavy atom. The van der Waals surface area contributed by atoms with Gasteiger partial charge in [-0.2, -0.15) is 4.39 Å². The Kier molecular flexibility index (Phi) is 3.49. The zero-order valence-corrected chi connectivity index (χ0v) is 9.76. The number of hydrogen-bond acceptors (Lipinski definition) is 1. The third kappa shape index (κ3) is 1.78. The first-order valence-electron chi connectivity index (χ1n) is 5.27. The molecule has 0 aliphatic carbocycles. The Morgan fingerprint density at radius 1 is 0.600 bits per heavy atom. The van der Waals surface area contributed by atoms with E-state index in [-0.39, 0.29) is 6.61 Å². The largest absolute Gasteiger partial charge is 0.488 e. The summed E-state index contributed by atoms with van der Waals surface area (Å²) in [5.41, 5.74) is 0. The number of hydrogen-bond donors (Lipinski definition) is 0. The van der Waals surface area contributed by atoms with Crippen LogP contribution in [0.5, 0.6) is 5.75 Å². The van der Waals surface area contributed by atoms with Gasteiger partial charge in [0.1, 0.15) is 0 Å². The fraction of sp³-hybridized carbons (Fsp3) is 0.167. The van der Waals surface area contributed by atoms with Crippen molar-refractivity contribution in [3.05, 3.63) is 40.7 Å². The maximum atomic E-state index is 13.8. The van der Waals surface area contributed by atoms with Crippen molar-refractivity contribution in [2.24, 2.45) is 0 Å². The van der Waals surface area contributed by atoms with Crippen molar-refractivity contribution < 1.29 is 35.5 Å². The molecule has 0 amide bonds. The molecule has 108 valence electrons. The highest BCUT2D eigenvalue weighted by atomic mass is 19.2.